The molecule has 0 spiro atoms. The molecular weight excluding hydrogens is 415 g/mol. The van der Waals surface area contributed by atoms with Crippen LogP contribution < -0.4 is 10.1 Å². The van der Waals surface area contributed by atoms with Crippen LogP contribution in [0, 0.1) is 5.82 Å². The summed E-state index contributed by atoms with van der Waals surface area (Å²) in [7, 11) is 0. The molecule has 0 bridgehead atoms. The second-order valence-corrected chi connectivity index (χ2v) is 7.07. The highest BCUT2D eigenvalue weighted by Crippen LogP contribution is 2.32. The lowest BCUT2D eigenvalue weighted by Gasteiger charge is -2.08. The Balaban J connectivity index is 1.56. The van der Waals surface area contributed by atoms with Crippen molar-refractivity contribution in [1.29, 1.82) is 0 Å². The van der Waals surface area contributed by atoms with Gasteiger partial charge in [0, 0.05) is 5.69 Å². The van der Waals surface area contributed by atoms with Crippen molar-refractivity contribution in [2.75, 3.05) is 18.5 Å². The summed E-state index contributed by atoms with van der Waals surface area (Å²) in [5.74, 6) is -2.36. The van der Waals surface area contributed by atoms with Gasteiger partial charge in [-0.15, -0.1) is 0 Å². The van der Waals surface area contributed by atoms with E-state index in [4.69, 9.17) is 9.84 Å². The van der Waals surface area contributed by atoms with Gasteiger partial charge >= 0.3 is 5.97 Å². The summed E-state index contributed by atoms with van der Waals surface area (Å²) in [6.07, 6.45) is 1.47. The van der Waals surface area contributed by atoms with Crippen LogP contribution in [0.15, 0.2) is 53.4 Å². The summed E-state index contributed by atoms with van der Waals surface area (Å²) in [4.78, 5) is 47.3. The Morgan fingerprint density at radius 2 is 1.77 bits per heavy atom. The molecule has 0 saturated carbocycles. The van der Waals surface area contributed by atoms with Gasteiger partial charge in [0.25, 0.3) is 17.1 Å². The molecule has 30 heavy (non-hydrogen) atoms. The van der Waals surface area contributed by atoms with E-state index in [1.165, 1.54) is 30.3 Å². The lowest BCUT2D eigenvalue weighted by molar-refractivity contribution is -0.140. The standard InChI is InChI=1S/C20H15FN2O6S/c21-13-3-5-14(6-4-13)22-17(24)11-29-15-7-1-12(2-8-15)9-16-19(27)23(10-18(25)26)20(28)30-16/h1-9H,10-11H2,(H,22,24)(H,25,26)/b16-9+. The van der Waals surface area contributed by atoms with Crippen LogP contribution in [0.25, 0.3) is 6.08 Å². The fraction of sp³-hybridized carbons (Fsp3) is 0.100. The van der Waals surface area contributed by atoms with Crippen molar-refractivity contribution in [3.05, 3.63) is 64.8 Å². The molecular formula is C20H15FN2O6S. The van der Waals surface area contributed by atoms with E-state index in [0.717, 1.165) is 0 Å². The zero-order valence-electron chi connectivity index (χ0n) is 15.3. The van der Waals surface area contributed by atoms with Crippen molar-refractivity contribution in [1.82, 2.24) is 4.90 Å². The number of halogens is 1. The fourth-order valence-corrected chi connectivity index (χ4v) is 3.30. The third kappa shape index (κ3) is 5.45. The highest BCUT2D eigenvalue weighted by atomic mass is 32.2. The molecule has 10 heteroatoms. The predicted molar refractivity (Wildman–Crippen MR) is 107 cm³/mol. The number of carbonyl (C=O) groups excluding carboxylic acids is 3. The number of nitrogens with zero attached hydrogens (tertiary/aromatic N) is 1. The molecule has 2 aromatic rings. The maximum Gasteiger partial charge on any atom is 0.323 e. The minimum Gasteiger partial charge on any atom is -0.484 e. The number of imide groups is 1. The maximum atomic E-state index is 12.9. The minimum atomic E-state index is -1.27. The zero-order valence-corrected chi connectivity index (χ0v) is 16.1. The largest absolute Gasteiger partial charge is 0.484 e. The molecule has 1 saturated heterocycles. The van der Waals surface area contributed by atoms with Gasteiger partial charge in [-0.3, -0.25) is 24.1 Å². The molecule has 0 unspecified atom stereocenters. The number of carbonyl (C=O) groups is 4. The van der Waals surface area contributed by atoms with Gasteiger partial charge in [0.2, 0.25) is 0 Å². The van der Waals surface area contributed by atoms with Gasteiger partial charge in [-0.05, 0) is 59.8 Å². The number of aliphatic carboxylic acids is 1. The first kappa shape index (κ1) is 21.1. The van der Waals surface area contributed by atoms with Gasteiger partial charge in [-0.2, -0.15) is 0 Å². The minimum absolute atomic E-state index is 0.119. The monoisotopic (exact) mass is 430 g/mol. The van der Waals surface area contributed by atoms with E-state index < -0.39 is 35.4 Å². The van der Waals surface area contributed by atoms with Crippen LogP contribution in [0.2, 0.25) is 0 Å². The molecule has 1 aliphatic rings. The Morgan fingerprint density at radius 1 is 1.10 bits per heavy atom. The van der Waals surface area contributed by atoms with Crippen LogP contribution in [0.5, 0.6) is 5.75 Å². The number of rotatable bonds is 7. The highest BCUT2D eigenvalue weighted by molar-refractivity contribution is 8.18. The summed E-state index contributed by atoms with van der Waals surface area (Å²) in [6, 6.07) is 11.7. The first-order chi connectivity index (χ1) is 14.3. The van der Waals surface area contributed by atoms with Crippen molar-refractivity contribution >= 4 is 46.5 Å². The fourth-order valence-electron chi connectivity index (χ4n) is 2.46. The third-order valence-electron chi connectivity index (χ3n) is 3.84. The maximum absolute atomic E-state index is 12.9. The number of hydrogen-bond donors (Lipinski definition) is 2. The second-order valence-electron chi connectivity index (χ2n) is 6.07. The van der Waals surface area contributed by atoms with Gasteiger partial charge in [0.1, 0.15) is 18.1 Å². The number of carboxylic acids is 1. The zero-order chi connectivity index (χ0) is 21.7. The number of thioether (sulfide) groups is 1. The second kappa shape index (κ2) is 9.23. The normalized spacial score (nSPS) is 14.8. The number of hydrogen-bond acceptors (Lipinski definition) is 6. The van der Waals surface area contributed by atoms with E-state index in [-0.39, 0.29) is 11.5 Å². The smallest absolute Gasteiger partial charge is 0.323 e. The van der Waals surface area contributed by atoms with Crippen LogP contribution in [-0.2, 0) is 14.4 Å². The highest BCUT2D eigenvalue weighted by Gasteiger charge is 2.36. The number of anilines is 1. The molecule has 0 aliphatic carbocycles. The first-order valence-corrected chi connectivity index (χ1v) is 9.39. The van der Waals surface area contributed by atoms with E-state index >= 15 is 0 Å². The van der Waals surface area contributed by atoms with E-state index in [2.05, 4.69) is 5.32 Å². The van der Waals surface area contributed by atoms with Crippen molar-refractivity contribution in [3.63, 3.8) is 0 Å². The quantitative estimate of drug-likeness (QED) is 0.650. The van der Waals surface area contributed by atoms with Gasteiger partial charge in [0.15, 0.2) is 6.61 Å². The van der Waals surface area contributed by atoms with Crippen molar-refractivity contribution in [2.45, 2.75) is 0 Å². The molecule has 0 aromatic heterocycles. The Hall–Kier alpha value is -3.66. The lowest BCUT2D eigenvalue weighted by atomic mass is 10.2. The Bertz CT molecular complexity index is 1020. The number of amides is 3. The van der Waals surface area contributed by atoms with Gasteiger partial charge in [0.05, 0.1) is 4.91 Å². The molecule has 1 aliphatic heterocycles. The number of benzene rings is 2. The molecule has 0 radical (unpaired) electrons. The van der Waals surface area contributed by atoms with Gasteiger partial charge < -0.3 is 15.2 Å². The lowest BCUT2D eigenvalue weighted by Crippen LogP contribution is -2.33. The summed E-state index contributed by atoms with van der Waals surface area (Å²) in [5.41, 5.74) is 1.04. The van der Waals surface area contributed by atoms with E-state index in [1.807, 2.05) is 0 Å². The molecule has 2 aromatic carbocycles. The van der Waals surface area contributed by atoms with E-state index in [9.17, 15) is 23.6 Å². The summed E-state index contributed by atoms with van der Waals surface area (Å²) < 4.78 is 18.2. The molecule has 2 N–H and O–H groups in total. The number of nitrogens with one attached hydrogen (secondary N) is 1. The third-order valence-corrected chi connectivity index (χ3v) is 4.75. The molecule has 3 amide bonds. The average Bonchev–Trinajstić information content (AvgIpc) is 2.96. The molecule has 1 fully saturated rings. The van der Waals surface area contributed by atoms with Crippen LogP contribution in [0.4, 0.5) is 14.9 Å². The van der Waals surface area contributed by atoms with Crippen molar-refractivity contribution < 1.29 is 33.4 Å². The summed E-state index contributed by atoms with van der Waals surface area (Å²) in [5, 5.41) is 10.7. The molecule has 8 nitrogen and oxygen atoms in total. The van der Waals surface area contributed by atoms with Crippen LogP contribution in [-0.4, -0.2) is 46.2 Å². The molecule has 3 rings (SSSR count). The SMILES string of the molecule is O=C(O)CN1C(=O)S/C(=C/c2ccc(OCC(=O)Nc3ccc(F)cc3)cc2)C1=O. The van der Waals surface area contributed by atoms with Crippen LogP contribution in [0.3, 0.4) is 0 Å². The topological polar surface area (TPSA) is 113 Å². The predicted octanol–water partition coefficient (Wildman–Crippen LogP) is 2.96. The van der Waals surface area contributed by atoms with Gasteiger partial charge in [-0.1, -0.05) is 12.1 Å². The Kier molecular flexibility index (Phi) is 6.48. The first-order valence-electron chi connectivity index (χ1n) is 8.57. The molecule has 0 atom stereocenters. The molecule has 1 heterocycles. The van der Waals surface area contributed by atoms with E-state index in [1.54, 1.807) is 24.3 Å². The number of ether oxygens (including phenoxy) is 1. The van der Waals surface area contributed by atoms with E-state index in [0.29, 0.717) is 33.7 Å². The van der Waals surface area contributed by atoms with Gasteiger partial charge in [-0.25, -0.2) is 4.39 Å². The van der Waals surface area contributed by atoms with Crippen molar-refractivity contribution in [3.8, 4) is 5.75 Å². The van der Waals surface area contributed by atoms with Crippen molar-refractivity contribution in [2.24, 2.45) is 0 Å². The van der Waals surface area contributed by atoms with Crippen LogP contribution in [0.1, 0.15) is 5.56 Å². The molecule has 154 valence electrons. The summed E-state index contributed by atoms with van der Waals surface area (Å²) in [6.45, 7) is -0.945. The van der Waals surface area contributed by atoms with Crippen LogP contribution >= 0.6 is 11.8 Å². The number of carboxylic acid groups (broad SMARTS) is 1. The Morgan fingerprint density at radius 3 is 2.40 bits per heavy atom. The summed E-state index contributed by atoms with van der Waals surface area (Å²) >= 11 is 0.666. The average molecular weight is 430 g/mol. The Labute approximate surface area is 174 Å².